The second-order valence-electron chi connectivity index (χ2n) is 7.25. The molecular formula is C23H23N3OS. The summed E-state index contributed by atoms with van der Waals surface area (Å²) < 4.78 is 0. The van der Waals surface area contributed by atoms with Gasteiger partial charge in [-0.1, -0.05) is 53.7 Å². The number of benzene rings is 3. The van der Waals surface area contributed by atoms with Gasteiger partial charge in [-0.25, -0.2) is 4.99 Å². The molecule has 0 saturated heterocycles. The molecule has 1 amide bonds. The maximum absolute atomic E-state index is 12.8. The summed E-state index contributed by atoms with van der Waals surface area (Å²) in [6, 6.07) is 16.4. The molecule has 0 saturated carbocycles. The van der Waals surface area contributed by atoms with Crippen molar-refractivity contribution in [3.05, 3.63) is 65.2 Å². The zero-order valence-corrected chi connectivity index (χ0v) is 17.3. The van der Waals surface area contributed by atoms with Gasteiger partial charge in [-0.15, -0.1) is 0 Å². The van der Waals surface area contributed by atoms with Crippen molar-refractivity contribution < 1.29 is 4.79 Å². The summed E-state index contributed by atoms with van der Waals surface area (Å²) in [5.41, 5.74) is 6.23. The summed E-state index contributed by atoms with van der Waals surface area (Å²) in [6.07, 6.45) is 0. The number of carbonyl (C=O) groups excluding carboxylic acids is 1. The van der Waals surface area contributed by atoms with Gasteiger partial charge in [-0.05, 0) is 56.3 Å². The Morgan fingerprint density at radius 2 is 1.75 bits per heavy atom. The Morgan fingerprint density at radius 1 is 1.07 bits per heavy atom. The molecule has 0 bridgehead atoms. The van der Waals surface area contributed by atoms with Crippen molar-refractivity contribution >= 4 is 50.7 Å². The maximum atomic E-state index is 12.8. The first-order valence-corrected chi connectivity index (χ1v) is 10.2. The lowest BCUT2D eigenvalue weighted by atomic mass is 10.1. The molecule has 1 aliphatic rings. The molecule has 142 valence electrons. The number of hydrogen-bond acceptors (Lipinski definition) is 4. The molecule has 28 heavy (non-hydrogen) atoms. The molecule has 0 unspecified atom stereocenters. The van der Waals surface area contributed by atoms with Gasteiger partial charge in [0.2, 0.25) is 5.91 Å². The SMILES string of the molecule is Cc1cc(C)c(NC(=O)[C@H](C)SC2=Nc3cccc4cccc(c34)N2)c(C)c1. The lowest BCUT2D eigenvalue weighted by molar-refractivity contribution is -0.115. The predicted octanol–water partition coefficient (Wildman–Crippen LogP) is 5.94. The van der Waals surface area contributed by atoms with E-state index in [2.05, 4.69) is 41.8 Å². The Kier molecular flexibility index (Phi) is 4.85. The van der Waals surface area contributed by atoms with Gasteiger partial charge < -0.3 is 10.6 Å². The Labute approximate surface area is 169 Å². The molecule has 0 aliphatic carbocycles. The fourth-order valence-electron chi connectivity index (χ4n) is 3.65. The minimum atomic E-state index is -0.282. The lowest BCUT2D eigenvalue weighted by Crippen LogP contribution is -2.26. The normalized spacial score (nSPS) is 13.6. The first-order valence-electron chi connectivity index (χ1n) is 9.35. The van der Waals surface area contributed by atoms with Crippen LogP contribution in [0.5, 0.6) is 0 Å². The van der Waals surface area contributed by atoms with Gasteiger partial charge in [0.05, 0.1) is 16.6 Å². The fraction of sp³-hybridized carbons (Fsp3) is 0.217. The molecule has 0 aromatic heterocycles. The Hall–Kier alpha value is -2.79. The molecular weight excluding hydrogens is 366 g/mol. The minimum Gasteiger partial charge on any atom is -0.334 e. The number of thioether (sulfide) groups is 1. The number of aliphatic imine (C=N–C) groups is 1. The minimum absolute atomic E-state index is 0.0263. The van der Waals surface area contributed by atoms with Crippen LogP contribution in [0.4, 0.5) is 17.1 Å². The number of rotatable bonds is 3. The van der Waals surface area contributed by atoms with E-state index in [1.165, 1.54) is 17.3 Å². The second-order valence-corrected chi connectivity index (χ2v) is 8.58. The van der Waals surface area contributed by atoms with Crippen molar-refractivity contribution in [2.45, 2.75) is 32.9 Å². The second kappa shape index (κ2) is 7.32. The molecule has 3 aromatic carbocycles. The van der Waals surface area contributed by atoms with E-state index >= 15 is 0 Å². The average Bonchev–Trinajstić information content (AvgIpc) is 2.64. The van der Waals surface area contributed by atoms with Gasteiger partial charge >= 0.3 is 0 Å². The molecule has 3 aromatic rings. The molecule has 4 rings (SSSR count). The highest BCUT2D eigenvalue weighted by atomic mass is 32.2. The van der Waals surface area contributed by atoms with Crippen LogP contribution in [0.1, 0.15) is 23.6 Å². The number of amidine groups is 1. The molecule has 1 atom stereocenters. The largest absolute Gasteiger partial charge is 0.334 e. The maximum Gasteiger partial charge on any atom is 0.237 e. The van der Waals surface area contributed by atoms with Gasteiger partial charge in [0.15, 0.2) is 5.17 Å². The highest BCUT2D eigenvalue weighted by Gasteiger charge is 2.21. The van der Waals surface area contributed by atoms with E-state index in [0.29, 0.717) is 0 Å². The molecule has 5 heteroatoms. The number of carbonyl (C=O) groups is 1. The monoisotopic (exact) mass is 389 g/mol. The van der Waals surface area contributed by atoms with Crippen LogP contribution < -0.4 is 10.6 Å². The van der Waals surface area contributed by atoms with E-state index < -0.39 is 0 Å². The smallest absolute Gasteiger partial charge is 0.237 e. The average molecular weight is 390 g/mol. The quantitative estimate of drug-likeness (QED) is 0.583. The van der Waals surface area contributed by atoms with Crippen LogP contribution in [-0.2, 0) is 4.79 Å². The van der Waals surface area contributed by atoms with Gasteiger partial charge in [-0.3, -0.25) is 4.79 Å². The third-order valence-electron chi connectivity index (χ3n) is 4.93. The highest BCUT2D eigenvalue weighted by molar-refractivity contribution is 8.15. The van der Waals surface area contributed by atoms with Crippen LogP contribution in [0.25, 0.3) is 10.8 Å². The van der Waals surface area contributed by atoms with Crippen molar-refractivity contribution in [1.29, 1.82) is 0 Å². The van der Waals surface area contributed by atoms with E-state index in [1.807, 2.05) is 45.0 Å². The van der Waals surface area contributed by atoms with Crippen LogP contribution in [0.15, 0.2) is 53.5 Å². The summed E-state index contributed by atoms with van der Waals surface area (Å²) in [7, 11) is 0. The van der Waals surface area contributed by atoms with Crippen LogP contribution >= 0.6 is 11.8 Å². The zero-order chi connectivity index (χ0) is 19.8. The van der Waals surface area contributed by atoms with E-state index in [-0.39, 0.29) is 11.2 Å². The standard InChI is InChI=1S/C23H23N3OS/c1-13-11-14(2)21(15(3)12-13)26-22(27)16(4)28-23-24-18-9-5-7-17-8-6-10-19(25-23)20(17)18/h5-12,16H,1-4H3,(H,24,25)(H,26,27)/t16-/m0/s1. The first-order chi connectivity index (χ1) is 13.4. The third kappa shape index (κ3) is 3.50. The number of hydrogen-bond donors (Lipinski definition) is 2. The lowest BCUT2D eigenvalue weighted by Gasteiger charge is -2.21. The Bertz CT molecular complexity index is 1090. The van der Waals surface area contributed by atoms with Gasteiger partial charge in [0.1, 0.15) is 0 Å². The fourth-order valence-corrected chi connectivity index (χ4v) is 4.47. The number of amides is 1. The summed E-state index contributed by atoms with van der Waals surface area (Å²) in [4.78, 5) is 17.5. The molecule has 0 radical (unpaired) electrons. The van der Waals surface area contributed by atoms with E-state index in [0.717, 1.165) is 44.1 Å². The zero-order valence-electron chi connectivity index (χ0n) is 16.5. The van der Waals surface area contributed by atoms with Crippen molar-refractivity contribution in [3.63, 3.8) is 0 Å². The van der Waals surface area contributed by atoms with Crippen molar-refractivity contribution in [1.82, 2.24) is 0 Å². The summed E-state index contributed by atoms with van der Waals surface area (Å²) >= 11 is 1.44. The Balaban J connectivity index is 1.53. The van der Waals surface area contributed by atoms with E-state index in [9.17, 15) is 4.79 Å². The molecule has 4 nitrogen and oxygen atoms in total. The van der Waals surface area contributed by atoms with Crippen LogP contribution in [0, 0.1) is 20.8 Å². The van der Waals surface area contributed by atoms with Gasteiger partial charge in [0, 0.05) is 11.1 Å². The van der Waals surface area contributed by atoms with Crippen molar-refractivity contribution in [3.8, 4) is 0 Å². The van der Waals surface area contributed by atoms with Crippen LogP contribution in [0.2, 0.25) is 0 Å². The first kappa shape index (κ1) is 18.6. The summed E-state index contributed by atoms with van der Waals surface area (Å²) in [6.45, 7) is 8.02. The Morgan fingerprint density at radius 3 is 2.46 bits per heavy atom. The number of nitrogens with zero attached hydrogens (tertiary/aromatic N) is 1. The molecule has 2 N–H and O–H groups in total. The van der Waals surface area contributed by atoms with Crippen molar-refractivity contribution in [2.24, 2.45) is 4.99 Å². The summed E-state index contributed by atoms with van der Waals surface area (Å²) in [5.74, 6) is -0.0263. The van der Waals surface area contributed by atoms with Crippen molar-refractivity contribution in [2.75, 3.05) is 10.6 Å². The molecule has 0 spiro atoms. The van der Waals surface area contributed by atoms with Crippen LogP contribution in [-0.4, -0.2) is 16.3 Å². The number of anilines is 2. The molecule has 1 aliphatic heterocycles. The third-order valence-corrected chi connectivity index (χ3v) is 5.91. The molecule has 1 heterocycles. The molecule has 0 fully saturated rings. The highest BCUT2D eigenvalue weighted by Crippen LogP contribution is 2.37. The van der Waals surface area contributed by atoms with Gasteiger partial charge in [0.25, 0.3) is 0 Å². The topological polar surface area (TPSA) is 53.5 Å². The van der Waals surface area contributed by atoms with E-state index in [4.69, 9.17) is 4.99 Å². The predicted molar refractivity (Wildman–Crippen MR) is 121 cm³/mol. The number of aryl methyl sites for hydroxylation is 3. The summed E-state index contributed by atoms with van der Waals surface area (Å²) in [5, 5.41) is 9.21. The van der Waals surface area contributed by atoms with Gasteiger partial charge in [-0.2, -0.15) is 0 Å². The van der Waals surface area contributed by atoms with Crippen LogP contribution in [0.3, 0.4) is 0 Å². The number of nitrogens with one attached hydrogen (secondary N) is 2. The van der Waals surface area contributed by atoms with E-state index in [1.54, 1.807) is 0 Å².